The van der Waals surface area contributed by atoms with E-state index in [-0.39, 0.29) is 29.1 Å². The van der Waals surface area contributed by atoms with E-state index in [0.29, 0.717) is 60.2 Å². The van der Waals surface area contributed by atoms with Crippen LogP contribution in [-0.2, 0) is 12.0 Å². The highest BCUT2D eigenvalue weighted by atomic mass is 19.4. The van der Waals surface area contributed by atoms with E-state index < -0.39 is 11.7 Å². The SMILES string of the molecule is C=C(c1nc(CCCNC(=O)c2cnn(C(C)(C)C)c2)cc2c(N[C@@H]3CN(C)C[C@@H]3C#N)cccc12)C(F)(F)F. The first-order valence-corrected chi connectivity index (χ1v) is 13.1. The maximum Gasteiger partial charge on any atom is 0.417 e. The summed E-state index contributed by atoms with van der Waals surface area (Å²) in [6, 6.07) is 9.01. The van der Waals surface area contributed by atoms with Crippen molar-refractivity contribution in [2.24, 2.45) is 5.92 Å². The fraction of sp³-hybridized carbons (Fsp3) is 0.448. The number of aromatic nitrogens is 3. The van der Waals surface area contributed by atoms with Crippen molar-refractivity contribution in [1.29, 1.82) is 5.26 Å². The average Bonchev–Trinajstić information content (AvgIpc) is 3.52. The van der Waals surface area contributed by atoms with Gasteiger partial charge in [0.1, 0.15) is 0 Å². The third kappa shape index (κ3) is 6.45. The molecule has 1 aromatic carbocycles. The fourth-order valence-corrected chi connectivity index (χ4v) is 4.81. The van der Waals surface area contributed by atoms with Gasteiger partial charge in [0.2, 0.25) is 0 Å². The first-order valence-electron chi connectivity index (χ1n) is 13.1. The quantitative estimate of drug-likeness (QED) is 0.382. The molecule has 3 heterocycles. The van der Waals surface area contributed by atoms with Crippen LogP contribution in [0.2, 0.25) is 0 Å². The molecule has 0 radical (unpaired) electrons. The molecule has 3 aromatic rings. The summed E-state index contributed by atoms with van der Waals surface area (Å²) in [6.07, 6.45) is -0.643. The predicted molar refractivity (Wildman–Crippen MR) is 149 cm³/mol. The highest BCUT2D eigenvalue weighted by Crippen LogP contribution is 2.37. The number of rotatable bonds is 8. The molecule has 2 aromatic heterocycles. The van der Waals surface area contributed by atoms with Crippen LogP contribution in [0.15, 0.2) is 43.2 Å². The molecule has 212 valence electrons. The number of carbonyl (C=O) groups excluding carboxylic acids is 1. The number of likely N-dealkylation sites (N-methyl/N-ethyl adjacent to an activating group) is 1. The molecule has 0 bridgehead atoms. The number of allylic oxidation sites excluding steroid dienone is 1. The molecule has 0 unspecified atom stereocenters. The number of hydrogen-bond acceptors (Lipinski definition) is 6. The van der Waals surface area contributed by atoms with Gasteiger partial charge in [-0.1, -0.05) is 18.7 Å². The van der Waals surface area contributed by atoms with Crippen LogP contribution in [-0.4, -0.2) is 64.5 Å². The molecule has 40 heavy (non-hydrogen) atoms. The number of alkyl halides is 3. The standard InChI is InChI=1S/C29H34F3N7O/c1-18(29(30,31)32)26-22-9-6-10-24(37-25-17-38(5)15-19(25)13-33)23(22)12-21(36-26)8-7-11-34-27(40)20-14-35-39(16-20)28(2,3)4/h6,9-10,12,14,16,19,25,37H,1,7-8,11,15,17H2,2-5H3,(H,34,40)/t19-,25+/m0/s1. The highest BCUT2D eigenvalue weighted by molar-refractivity contribution is 6.00. The molecule has 2 N–H and O–H groups in total. The van der Waals surface area contributed by atoms with E-state index in [1.165, 1.54) is 6.20 Å². The van der Waals surface area contributed by atoms with Gasteiger partial charge in [0, 0.05) is 48.0 Å². The normalized spacial score (nSPS) is 18.1. The lowest BCUT2D eigenvalue weighted by Crippen LogP contribution is -2.27. The van der Waals surface area contributed by atoms with Crippen LogP contribution < -0.4 is 10.6 Å². The minimum atomic E-state index is -4.65. The number of hydrogen-bond donors (Lipinski definition) is 2. The lowest BCUT2D eigenvalue weighted by atomic mass is 9.99. The minimum Gasteiger partial charge on any atom is -0.379 e. The van der Waals surface area contributed by atoms with Gasteiger partial charge in [-0.05, 0) is 52.8 Å². The van der Waals surface area contributed by atoms with Crippen LogP contribution in [0, 0.1) is 17.2 Å². The van der Waals surface area contributed by atoms with Crippen molar-refractivity contribution in [3.8, 4) is 6.07 Å². The van der Waals surface area contributed by atoms with Gasteiger partial charge in [-0.15, -0.1) is 0 Å². The van der Waals surface area contributed by atoms with E-state index in [1.54, 1.807) is 35.1 Å². The zero-order chi connectivity index (χ0) is 29.2. The van der Waals surface area contributed by atoms with Crippen LogP contribution >= 0.6 is 0 Å². The number of nitriles is 1. The summed E-state index contributed by atoms with van der Waals surface area (Å²) in [5, 5.41) is 21.0. The van der Waals surface area contributed by atoms with Crippen molar-refractivity contribution < 1.29 is 18.0 Å². The summed E-state index contributed by atoms with van der Waals surface area (Å²) in [5.41, 5.74) is 0.0414. The number of nitrogens with zero attached hydrogens (tertiary/aromatic N) is 5. The van der Waals surface area contributed by atoms with Crippen LogP contribution in [0.25, 0.3) is 16.3 Å². The van der Waals surface area contributed by atoms with Crippen LogP contribution in [0.5, 0.6) is 0 Å². The van der Waals surface area contributed by atoms with E-state index in [9.17, 15) is 23.2 Å². The highest BCUT2D eigenvalue weighted by Gasteiger charge is 2.35. The van der Waals surface area contributed by atoms with Crippen molar-refractivity contribution in [1.82, 2.24) is 25.0 Å². The third-order valence-electron chi connectivity index (χ3n) is 6.99. The number of pyridine rings is 1. The molecule has 1 fully saturated rings. The van der Waals surface area contributed by atoms with E-state index in [4.69, 9.17) is 0 Å². The van der Waals surface area contributed by atoms with E-state index in [0.717, 1.165) is 0 Å². The Morgan fingerprint density at radius 3 is 2.62 bits per heavy atom. The Labute approximate surface area is 231 Å². The molecular weight excluding hydrogens is 519 g/mol. The largest absolute Gasteiger partial charge is 0.417 e. The number of aryl methyl sites for hydroxylation is 1. The molecular formula is C29H34F3N7O. The van der Waals surface area contributed by atoms with Gasteiger partial charge >= 0.3 is 6.18 Å². The number of likely N-dealkylation sites (tertiary alicyclic amines) is 1. The predicted octanol–water partition coefficient (Wildman–Crippen LogP) is 4.99. The Balaban J connectivity index is 1.55. The molecule has 0 aliphatic carbocycles. The molecule has 1 aliphatic heterocycles. The molecule has 1 amide bonds. The maximum atomic E-state index is 13.7. The van der Waals surface area contributed by atoms with Crippen molar-refractivity contribution >= 4 is 27.9 Å². The molecule has 8 nitrogen and oxygen atoms in total. The van der Waals surface area contributed by atoms with Gasteiger partial charge in [0.25, 0.3) is 5.91 Å². The minimum absolute atomic E-state index is 0.163. The first kappa shape index (κ1) is 29.1. The monoisotopic (exact) mass is 553 g/mol. The second kappa shape index (κ2) is 11.3. The Morgan fingerprint density at radius 2 is 1.98 bits per heavy atom. The number of halogens is 3. The van der Waals surface area contributed by atoms with Crippen LogP contribution in [0.4, 0.5) is 18.9 Å². The van der Waals surface area contributed by atoms with Crippen molar-refractivity contribution in [2.45, 2.75) is 51.4 Å². The molecule has 0 saturated carbocycles. The smallest absolute Gasteiger partial charge is 0.379 e. The summed E-state index contributed by atoms with van der Waals surface area (Å²) in [4.78, 5) is 19.0. The second-order valence-corrected chi connectivity index (χ2v) is 11.3. The van der Waals surface area contributed by atoms with Crippen LogP contribution in [0.1, 0.15) is 48.9 Å². The molecule has 0 spiro atoms. The molecule has 1 aliphatic rings. The lowest BCUT2D eigenvalue weighted by molar-refractivity contribution is -0.0688. The van der Waals surface area contributed by atoms with E-state index >= 15 is 0 Å². The summed E-state index contributed by atoms with van der Waals surface area (Å²) >= 11 is 0. The number of fused-ring (bicyclic) bond motifs is 1. The van der Waals surface area contributed by atoms with Gasteiger partial charge in [0.15, 0.2) is 0 Å². The summed E-state index contributed by atoms with van der Waals surface area (Å²) in [6.45, 7) is 10.8. The second-order valence-electron chi connectivity index (χ2n) is 11.3. The van der Waals surface area contributed by atoms with Gasteiger partial charge in [-0.25, -0.2) is 0 Å². The Bertz CT molecular complexity index is 1450. The zero-order valence-electron chi connectivity index (χ0n) is 23.1. The topological polar surface area (TPSA) is 98.9 Å². The summed E-state index contributed by atoms with van der Waals surface area (Å²) < 4.78 is 42.9. The number of anilines is 1. The molecule has 11 heteroatoms. The number of nitrogens with one attached hydrogen (secondary N) is 2. The maximum absolute atomic E-state index is 13.7. The Morgan fingerprint density at radius 1 is 1.23 bits per heavy atom. The molecule has 2 atom stereocenters. The Kier molecular flexibility index (Phi) is 8.21. The number of benzene rings is 1. The zero-order valence-corrected chi connectivity index (χ0v) is 23.1. The van der Waals surface area contributed by atoms with Gasteiger partial charge in [-0.2, -0.15) is 23.5 Å². The fourth-order valence-electron chi connectivity index (χ4n) is 4.81. The molecule has 4 rings (SSSR count). The van der Waals surface area contributed by atoms with Crippen molar-refractivity contribution in [2.75, 3.05) is 32.0 Å². The summed E-state index contributed by atoms with van der Waals surface area (Å²) in [5.74, 6) is -0.515. The number of carbonyl (C=O) groups is 1. The van der Waals surface area contributed by atoms with Crippen molar-refractivity contribution in [3.05, 3.63) is 60.2 Å². The van der Waals surface area contributed by atoms with Gasteiger partial charge in [0.05, 0.1) is 46.6 Å². The molecule has 1 saturated heterocycles. The summed E-state index contributed by atoms with van der Waals surface area (Å²) in [7, 11) is 1.93. The van der Waals surface area contributed by atoms with E-state index in [2.05, 4.69) is 33.4 Å². The number of amides is 1. The Hall–Kier alpha value is -3.91. The first-order chi connectivity index (χ1) is 18.8. The van der Waals surface area contributed by atoms with Crippen molar-refractivity contribution in [3.63, 3.8) is 0 Å². The van der Waals surface area contributed by atoms with Gasteiger partial charge < -0.3 is 15.5 Å². The van der Waals surface area contributed by atoms with Gasteiger partial charge in [-0.3, -0.25) is 14.5 Å². The third-order valence-corrected chi connectivity index (χ3v) is 6.99. The van der Waals surface area contributed by atoms with Crippen LogP contribution in [0.3, 0.4) is 0 Å². The average molecular weight is 554 g/mol. The van der Waals surface area contributed by atoms with E-state index in [1.807, 2.05) is 32.7 Å². The lowest BCUT2D eigenvalue weighted by Gasteiger charge is -2.20.